The van der Waals surface area contributed by atoms with E-state index in [1.165, 1.54) is 6.42 Å². The highest BCUT2D eigenvalue weighted by atomic mass is 16.6. The summed E-state index contributed by atoms with van der Waals surface area (Å²) in [6.45, 7) is 6.19. The molecule has 3 heterocycles. The molecule has 5 rings (SSSR count). The molecule has 0 radical (unpaired) electrons. The van der Waals surface area contributed by atoms with Crippen molar-refractivity contribution < 1.29 is 14.3 Å². The number of ether oxygens (including phenoxy) is 1. The first-order chi connectivity index (χ1) is 17.8. The first-order valence-corrected chi connectivity index (χ1v) is 13.5. The van der Waals surface area contributed by atoms with Gasteiger partial charge in [-0.3, -0.25) is 9.36 Å². The van der Waals surface area contributed by atoms with Gasteiger partial charge in [0.15, 0.2) is 0 Å². The van der Waals surface area contributed by atoms with Crippen molar-refractivity contribution in [3.63, 3.8) is 0 Å². The van der Waals surface area contributed by atoms with Gasteiger partial charge in [0.1, 0.15) is 23.8 Å². The van der Waals surface area contributed by atoms with Crippen LogP contribution in [-0.4, -0.2) is 49.6 Å². The van der Waals surface area contributed by atoms with Crippen LogP contribution in [0.4, 0.5) is 4.79 Å². The average Bonchev–Trinajstić information content (AvgIpc) is 3.54. The van der Waals surface area contributed by atoms with Gasteiger partial charge in [-0.25, -0.2) is 14.8 Å². The molecule has 2 aliphatic rings. The second-order valence-corrected chi connectivity index (χ2v) is 11.3. The molecule has 1 saturated carbocycles. The number of nitrogens with zero attached hydrogens (tertiary/aromatic N) is 4. The van der Waals surface area contributed by atoms with Gasteiger partial charge in [-0.15, -0.1) is 0 Å². The van der Waals surface area contributed by atoms with E-state index in [1.54, 1.807) is 12.5 Å². The molecule has 0 spiro atoms. The van der Waals surface area contributed by atoms with Crippen molar-refractivity contribution in [1.29, 1.82) is 0 Å². The fourth-order valence-electron chi connectivity index (χ4n) is 5.75. The van der Waals surface area contributed by atoms with Crippen molar-refractivity contribution in [3.8, 4) is 5.82 Å². The van der Waals surface area contributed by atoms with E-state index in [2.05, 4.69) is 21.4 Å². The maximum atomic E-state index is 14.0. The van der Waals surface area contributed by atoms with E-state index >= 15 is 0 Å². The molecule has 1 saturated heterocycles. The van der Waals surface area contributed by atoms with Crippen LogP contribution < -0.4 is 5.32 Å². The fourth-order valence-corrected chi connectivity index (χ4v) is 5.75. The van der Waals surface area contributed by atoms with Gasteiger partial charge in [-0.1, -0.05) is 31.4 Å². The second kappa shape index (κ2) is 10.5. The summed E-state index contributed by atoms with van der Waals surface area (Å²) in [5.74, 6) is 0.897. The van der Waals surface area contributed by atoms with Gasteiger partial charge in [0.05, 0.1) is 17.1 Å². The highest BCUT2D eigenvalue weighted by Crippen LogP contribution is 2.35. The normalized spacial score (nSPS) is 19.6. The van der Waals surface area contributed by atoms with E-state index in [0.29, 0.717) is 6.54 Å². The Morgan fingerprint density at radius 2 is 1.81 bits per heavy atom. The number of nitrogens with one attached hydrogen (secondary N) is 1. The molecule has 8 nitrogen and oxygen atoms in total. The van der Waals surface area contributed by atoms with Crippen molar-refractivity contribution >= 4 is 23.0 Å². The summed E-state index contributed by atoms with van der Waals surface area (Å²) in [5.41, 5.74) is 2.33. The summed E-state index contributed by atoms with van der Waals surface area (Å²) in [6, 6.07) is 11.4. The Morgan fingerprint density at radius 1 is 1.03 bits per heavy atom. The Labute approximate surface area is 218 Å². The largest absolute Gasteiger partial charge is 0.444 e. The van der Waals surface area contributed by atoms with Crippen LogP contribution in [0.15, 0.2) is 48.9 Å². The van der Waals surface area contributed by atoms with Gasteiger partial charge >= 0.3 is 6.09 Å². The third-order valence-corrected chi connectivity index (χ3v) is 7.45. The average molecular weight is 504 g/mol. The lowest BCUT2D eigenvalue weighted by Crippen LogP contribution is -2.53. The lowest BCUT2D eigenvalue weighted by molar-refractivity contribution is -0.136. The third-order valence-electron chi connectivity index (χ3n) is 7.45. The van der Waals surface area contributed by atoms with E-state index in [-0.39, 0.29) is 17.9 Å². The summed E-state index contributed by atoms with van der Waals surface area (Å²) < 4.78 is 7.52. The van der Waals surface area contributed by atoms with Crippen molar-refractivity contribution in [1.82, 2.24) is 24.8 Å². The number of aromatic nitrogens is 3. The monoisotopic (exact) mass is 503 g/mol. The van der Waals surface area contributed by atoms with Crippen molar-refractivity contribution in [2.24, 2.45) is 5.92 Å². The Bertz CT molecular complexity index is 1260. The zero-order valence-electron chi connectivity index (χ0n) is 22.0. The van der Waals surface area contributed by atoms with Gasteiger partial charge in [0.25, 0.3) is 0 Å². The zero-order chi connectivity index (χ0) is 26.0. The summed E-state index contributed by atoms with van der Waals surface area (Å²) in [4.78, 5) is 37.8. The van der Waals surface area contributed by atoms with Gasteiger partial charge in [0.2, 0.25) is 5.91 Å². The highest BCUT2D eigenvalue weighted by molar-refractivity contribution is 5.86. The molecule has 37 heavy (non-hydrogen) atoms. The van der Waals surface area contributed by atoms with Crippen LogP contribution in [0.3, 0.4) is 0 Å². The molecule has 0 unspecified atom stereocenters. The number of imidazole rings is 1. The standard InChI is InChI=1S/C29H37N5O3/c1-29(2,3)37-28(36)32-26(20-10-5-4-6-11-20)27(35)33-17-9-14-23(33)21-15-16-30-25(18-21)34-19-31-22-12-7-8-13-24(22)34/h7-8,12-13,15-16,18-20,23,26H,4-6,9-11,14,17H2,1-3H3,(H,32,36)/t23-,26-/m0/s1. The van der Waals surface area contributed by atoms with Crippen molar-refractivity contribution in [2.75, 3.05) is 6.54 Å². The smallest absolute Gasteiger partial charge is 0.408 e. The molecule has 1 aliphatic carbocycles. The molecule has 3 aromatic rings. The SMILES string of the molecule is CC(C)(C)OC(=O)N[C@H](C(=O)N1CCC[C@H]1c1ccnc(-n2cnc3ccccc32)c1)C1CCCCC1. The lowest BCUT2D eigenvalue weighted by atomic mass is 9.83. The molecular weight excluding hydrogens is 466 g/mol. The van der Waals surface area contributed by atoms with E-state index in [9.17, 15) is 9.59 Å². The molecule has 8 heteroatoms. The van der Waals surface area contributed by atoms with Crippen LogP contribution in [0.25, 0.3) is 16.9 Å². The maximum absolute atomic E-state index is 14.0. The predicted molar refractivity (Wildman–Crippen MR) is 142 cm³/mol. The van der Waals surface area contributed by atoms with Crippen molar-refractivity contribution in [2.45, 2.75) is 83.4 Å². The number of alkyl carbamates (subject to hydrolysis) is 1. The Balaban J connectivity index is 1.40. The Hall–Kier alpha value is -3.42. The summed E-state index contributed by atoms with van der Waals surface area (Å²) in [6.07, 6.45) is 10.1. The van der Waals surface area contributed by atoms with Crippen LogP contribution in [0.5, 0.6) is 0 Å². The van der Waals surface area contributed by atoms with Crippen LogP contribution in [0.1, 0.15) is 77.3 Å². The molecular formula is C29H37N5O3. The van der Waals surface area contributed by atoms with E-state index in [0.717, 1.165) is 60.9 Å². The zero-order valence-corrected chi connectivity index (χ0v) is 22.0. The minimum absolute atomic E-state index is 0.00768. The quantitative estimate of drug-likeness (QED) is 0.493. The number of rotatable bonds is 5. The summed E-state index contributed by atoms with van der Waals surface area (Å²) >= 11 is 0. The molecule has 2 aromatic heterocycles. The topological polar surface area (TPSA) is 89.4 Å². The molecule has 2 atom stereocenters. The van der Waals surface area contributed by atoms with E-state index in [1.807, 2.05) is 60.6 Å². The maximum Gasteiger partial charge on any atom is 0.408 e. The number of fused-ring (bicyclic) bond motifs is 1. The van der Waals surface area contributed by atoms with Crippen LogP contribution >= 0.6 is 0 Å². The molecule has 1 aromatic carbocycles. The number of carbonyl (C=O) groups excluding carboxylic acids is 2. The number of benzene rings is 1. The van der Waals surface area contributed by atoms with Gasteiger partial charge in [-0.2, -0.15) is 0 Å². The number of hydrogen-bond donors (Lipinski definition) is 1. The first kappa shape index (κ1) is 25.2. The van der Waals surface area contributed by atoms with E-state index < -0.39 is 17.7 Å². The summed E-state index contributed by atoms with van der Waals surface area (Å²) in [7, 11) is 0. The molecule has 2 amide bonds. The second-order valence-electron chi connectivity index (χ2n) is 11.3. The van der Waals surface area contributed by atoms with Gasteiger partial charge in [-0.05, 0) is 82.2 Å². The van der Waals surface area contributed by atoms with Gasteiger partial charge in [0, 0.05) is 12.7 Å². The molecule has 2 fully saturated rings. The highest BCUT2D eigenvalue weighted by Gasteiger charge is 2.39. The van der Waals surface area contributed by atoms with Crippen molar-refractivity contribution in [3.05, 3.63) is 54.5 Å². The molecule has 196 valence electrons. The van der Waals surface area contributed by atoms with E-state index in [4.69, 9.17) is 4.74 Å². The number of carbonyl (C=O) groups is 2. The minimum Gasteiger partial charge on any atom is -0.444 e. The Morgan fingerprint density at radius 3 is 2.59 bits per heavy atom. The van der Waals surface area contributed by atoms with Crippen LogP contribution in [-0.2, 0) is 9.53 Å². The first-order valence-electron chi connectivity index (χ1n) is 13.5. The number of para-hydroxylation sites is 2. The Kier molecular flexibility index (Phi) is 7.17. The third kappa shape index (κ3) is 5.63. The molecule has 1 aliphatic heterocycles. The fraction of sp³-hybridized carbons (Fsp3) is 0.517. The predicted octanol–water partition coefficient (Wildman–Crippen LogP) is 5.56. The number of amides is 2. The van der Waals surface area contributed by atoms with Crippen LogP contribution in [0, 0.1) is 5.92 Å². The molecule has 1 N–H and O–H groups in total. The number of likely N-dealkylation sites (tertiary alicyclic amines) is 1. The summed E-state index contributed by atoms with van der Waals surface area (Å²) in [5, 5.41) is 2.97. The van der Waals surface area contributed by atoms with Gasteiger partial charge < -0.3 is 15.0 Å². The lowest BCUT2D eigenvalue weighted by Gasteiger charge is -2.35. The minimum atomic E-state index is -0.620. The number of hydrogen-bond acceptors (Lipinski definition) is 5. The number of pyridine rings is 1. The molecule has 0 bridgehead atoms. The van der Waals surface area contributed by atoms with Crippen LogP contribution in [0.2, 0.25) is 0 Å².